The van der Waals surface area contributed by atoms with Gasteiger partial charge in [0.2, 0.25) is 0 Å². The van der Waals surface area contributed by atoms with Crippen LogP contribution in [0.1, 0.15) is 47.5 Å². The van der Waals surface area contributed by atoms with Gasteiger partial charge in [-0.2, -0.15) is 5.26 Å². The van der Waals surface area contributed by atoms with Gasteiger partial charge in [0.25, 0.3) is 0 Å². The molecule has 2 aliphatic carbocycles. The molecule has 2 rings (SSSR count). The maximum absolute atomic E-state index is 11.6. The van der Waals surface area contributed by atoms with Gasteiger partial charge in [-0.05, 0) is 42.4 Å². The Bertz CT molecular complexity index is 374. The number of carbonyl (C=O) groups excluding carboxylic acids is 1. The minimum Gasteiger partial charge on any atom is -0.461 e. The number of carbonyl (C=O) groups is 1. The third-order valence-electron chi connectivity index (χ3n) is 5.24. The minimum absolute atomic E-state index is 0. The monoisotopic (exact) mass is 269 g/mol. The standard InChI is InChI=1S/C13H19NO2S.CH4/c1-12(2)9-4-5-13(12,3)10(6-9)16-11(15)7-17-8-14;/h9-10H,4-7H2,1-3H3;1H4/t9-,10?,13-;/m1./s1. The number of hydrogen-bond donors (Lipinski definition) is 0. The van der Waals surface area contributed by atoms with Gasteiger partial charge in [-0.15, -0.1) is 0 Å². The maximum atomic E-state index is 11.6. The van der Waals surface area contributed by atoms with Crippen molar-refractivity contribution in [1.82, 2.24) is 0 Å². The van der Waals surface area contributed by atoms with Crippen molar-refractivity contribution in [2.24, 2.45) is 16.7 Å². The lowest BCUT2D eigenvalue weighted by Crippen LogP contribution is -2.38. The van der Waals surface area contributed by atoms with Gasteiger partial charge in [0.05, 0.1) is 0 Å². The smallest absolute Gasteiger partial charge is 0.317 e. The van der Waals surface area contributed by atoms with E-state index in [9.17, 15) is 4.79 Å². The molecule has 0 aromatic carbocycles. The van der Waals surface area contributed by atoms with E-state index >= 15 is 0 Å². The highest BCUT2D eigenvalue weighted by Gasteiger charge is 2.62. The average Bonchev–Trinajstić information content (AvgIpc) is 2.59. The molecular weight excluding hydrogens is 246 g/mol. The van der Waals surface area contributed by atoms with Gasteiger partial charge >= 0.3 is 5.97 Å². The predicted octanol–water partition coefficient (Wildman–Crippen LogP) is 3.59. The summed E-state index contributed by atoms with van der Waals surface area (Å²) in [7, 11) is 0. The quantitative estimate of drug-likeness (QED) is 0.580. The molecule has 0 aromatic rings. The van der Waals surface area contributed by atoms with Crippen LogP contribution >= 0.6 is 11.8 Å². The van der Waals surface area contributed by atoms with Crippen molar-refractivity contribution >= 4 is 17.7 Å². The fourth-order valence-electron chi connectivity index (χ4n) is 3.59. The molecule has 4 heteroatoms. The lowest BCUT2D eigenvalue weighted by molar-refractivity contribution is -0.153. The average molecular weight is 269 g/mol. The van der Waals surface area contributed by atoms with E-state index in [-0.39, 0.29) is 36.1 Å². The van der Waals surface area contributed by atoms with Crippen LogP contribution in [0, 0.1) is 27.4 Å². The van der Waals surface area contributed by atoms with Crippen molar-refractivity contribution in [1.29, 1.82) is 5.26 Å². The second-order valence-electron chi connectivity index (χ2n) is 5.97. The molecule has 0 radical (unpaired) electrons. The largest absolute Gasteiger partial charge is 0.461 e. The number of thioether (sulfide) groups is 1. The fourth-order valence-corrected chi connectivity index (χ4v) is 3.84. The molecule has 3 atom stereocenters. The fraction of sp³-hybridized carbons (Fsp3) is 0.857. The Morgan fingerprint density at radius 3 is 2.61 bits per heavy atom. The van der Waals surface area contributed by atoms with E-state index in [1.807, 2.05) is 5.40 Å². The third kappa shape index (κ3) is 2.14. The summed E-state index contributed by atoms with van der Waals surface area (Å²) in [4.78, 5) is 11.6. The molecule has 2 fully saturated rings. The first-order chi connectivity index (χ1) is 7.91. The van der Waals surface area contributed by atoms with Crippen LogP contribution in [-0.2, 0) is 9.53 Å². The van der Waals surface area contributed by atoms with Crippen LogP contribution in [0.2, 0.25) is 0 Å². The molecule has 2 aliphatic rings. The Hall–Kier alpha value is -0.690. The van der Waals surface area contributed by atoms with Crippen molar-refractivity contribution in [3.63, 3.8) is 0 Å². The lowest BCUT2D eigenvalue weighted by atomic mass is 9.70. The van der Waals surface area contributed by atoms with E-state index in [4.69, 9.17) is 10.00 Å². The molecule has 0 aromatic heterocycles. The van der Waals surface area contributed by atoms with Crippen LogP contribution in [0.15, 0.2) is 0 Å². The summed E-state index contributed by atoms with van der Waals surface area (Å²) in [5.41, 5.74) is 0.380. The number of nitriles is 1. The molecule has 0 aliphatic heterocycles. The number of thiocyanates is 1. The summed E-state index contributed by atoms with van der Waals surface area (Å²) in [5.74, 6) is 0.578. The topological polar surface area (TPSA) is 50.1 Å². The van der Waals surface area contributed by atoms with Gasteiger partial charge in [-0.25, -0.2) is 0 Å². The van der Waals surface area contributed by atoms with Crippen LogP contribution in [-0.4, -0.2) is 17.8 Å². The molecule has 18 heavy (non-hydrogen) atoms. The molecule has 1 unspecified atom stereocenters. The zero-order valence-corrected chi connectivity index (χ0v) is 11.5. The van der Waals surface area contributed by atoms with Gasteiger partial charge < -0.3 is 4.74 Å². The van der Waals surface area contributed by atoms with Crippen molar-refractivity contribution in [2.75, 3.05) is 5.75 Å². The highest BCUT2D eigenvalue weighted by atomic mass is 32.2. The number of fused-ring (bicyclic) bond motifs is 2. The normalized spacial score (nSPS) is 35.7. The number of nitrogens with zero attached hydrogens (tertiary/aromatic N) is 1. The third-order valence-corrected chi connectivity index (χ3v) is 5.75. The summed E-state index contributed by atoms with van der Waals surface area (Å²) in [6, 6.07) is 0. The summed E-state index contributed by atoms with van der Waals surface area (Å²) < 4.78 is 5.58. The van der Waals surface area contributed by atoms with Gasteiger partial charge in [0, 0.05) is 5.41 Å². The van der Waals surface area contributed by atoms with E-state index < -0.39 is 0 Å². The Morgan fingerprint density at radius 2 is 2.17 bits per heavy atom. The highest BCUT2D eigenvalue weighted by Crippen LogP contribution is 2.66. The molecule has 3 nitrogen and oxygen atoms in total. The summed E-state index contributed by atoms with van der Waals surface area (Å²) in [6.07, 6.45) is 3.44. The van der Waals surface area contributed by atoms with Crippen molar-refractivity contribution in [3.05, 3.63) is 0 Å². The van der Waals surface area contributed by atoms with E-state index in [1.54, 1.807) is 0 Å². The summed E-state index contributed by atoms with van der Waals surface area (Å²) in [6.45, 7) is 6.83. The number of hydrogen-bond acceptors (Lipinski definition) is 4. The van der Waals surface area contributed by atoms with E-state index in [2.05, 4.69) is 20.8 Å². The zero-order chi connectivity index (χ0) is 12.7. The molecule has 2 bridgehead atoms. The minimum atomic E-state index is -0.244. The Kier molecular flexibility index (Phi) is 4.38. The first-order valence-corrected chi connectivity index (χ1v) is 7.11. The van der Waals surface area contributed by atoms with Crippen LogP contribution < -0.4 is 0 Å². The molecule has 0 spiro atoms. The van der Waals surface area contributed by atoms with Crippen molar-refractivity contribution in [3.8, 4) is 5.40 Å². The Balaban J connectivity index is 0.00000162. The highest BCUT2D eigenvalue weighted by molar-refractivity contribution is 8.04. The van der Waals surface area contributed by atoms with Crippen LogP contribution in [0.25, 0.3) is 0 Å². The molecule has 0 amide bonds. The molecular formula is C14H23NO2S. The Labute approximate surface area is 114 Å². The maximum Gasteiger partial charge on any atom is 0.317 e. The second kappa shape index (κ2) is 5.13. The van der Waals surface area contributed by atoms with Gasteiger partial charge in [0.15, 0.2) is 0 Å². The van der Waals surface area contributed by atoms with E-state index in [0.717, 1.165) is 24.6 Å². The first kappa shape index (κ1) is 15.4. The lowest BCUT2D eigenvalue weighted by Gasteiger charge is -2.38. The predicted molar refractivity (Wildman–Crippen MR) is 73.9 cm³/mol. The number of rotatable bonds is 3. The van der Waals surface area contributed by atoms with E-state index in [1.165, 1.54) is 6.42 Å². The Morgan fingerprint density at radius 1 is 1.50 bits per heavy atom. The van der Waals surface area contributed by atoms with E-state index in [0.29, 0.717) is 5.92 Å². The SMILES string of the molecule is C.CC1(C)[C@@H]2CC[C@]1(C)C(OC(=O)CSC#N)C2. The molecule has 102 valence electrons. The van der Waals surface area contributed by atoms with Crippen molar-refractivity contribution < 1.29 is 9.53 Å². The summed E-state index contributed by atoms with van der Waals surface area (Å²) >= 11 is 0.949. The van der Waals surface area contributed by atoms with Gasteiger partial charge in [-0.1, -0.05) is 28.2 Å². The van der Waals surface area contributed by atoms with Gasteiger partial charge in [-0.3, -0.25) is 4.79 Å². The van der Waals surface area contributed by atoms with Crippen molar-refractivity contribution in [2.45, 2.75) is 53.6 Å². The van der Waals surface area contributed by atoms with Crippen LogP contribution in [0.4, 0.5) is 0 Å². The van der Waals surface area contributed by atoms with Crippen LogP contribution in [0.3, 0.4) is 0 Å². The molecule has 0 saturated heterocycles. The second-order valence-corrected chi connectivity index (χ2v) is 6.73. The molecule has 0 heterocycles. The molecule has 0 N–H and O–H groups in total. The number of ether oxygens (including phenoxy) is 1. The summed E-state index contributed by atoms with van der Waals surface area (Å²) in [5, 5.41) is 10.3. The molecule has 2 saturated carbocycles. The number of esters is 1. The first-order valence-electron chi connectivity index (χ1n) is 6.12. The van der Waals surface area contributed by atoms with Gasteiger partial charge in [0.1, 0.15) is 17.3 Å². The van der Waals surface area contributed by atoms with Crippen LogP contribution in [0.5, 0.6) is 0 Å². The zero-order valence-electron chi connectivity index (χ0n) is 10.7.